The van der Waals surface area contributed by atoms with Gasteiger partial charge < -0.3 is 16.0 Å². The van der Waals surface area contributed by atoms with Crippen LogP contribution in [-0.4, -0.2) is 35.6 Å². The summed E-state index contributed by atoms with van der Waals surface area (Å²) in [4.78, 5) is 10.9. The van der Waals surface area contributed by atoms with Crippen LogP contribution in [0.15, 0.2) is 12.4 Å². The lowest BCUT2D eigenvalue weighted by Crippen LogP contribution is -2.33. The SMILES string of the molecule is CC1CCN(c2cc(NC(C)CN)ncn2)CC1. The van der Waals surface area contributed by atoms with Crippen molar-refractivity contribution in [3.8, 4) is 0 Å². The van der Waals surface area contributed by atoms with Gasteiger partial charge in [-0.3, -0.25) is 0 Å². The molecular formula is C13H23N5. The van der Waals surface area contributed by atoms with E-state index in [0.29, 0.717) is 6.54 Å². The summed E-state index contributed by atoms with van der Waals surface area (Å²) in [6.45, 7) is 7.13. The first-order valence-electron chi connectivity index (χ1n) is 6.72. The van der Waals surface area contributed by atoms with E-state index >= 15 is 0 Å². The Bertz CT molecular complexity index is 373. The summed E-state index contributed by atoms with van der Waals surface area (Å²) < 4.78 is 0. The van der Waals surface area contributed by atoms with Gasteiger partial charge >= 0.3 is 0 Å². The third kappa shape index (κ3) is 3.32. The molecule has 2 heterocycles. The first-order valence-corrected chi connectivity index (χ1v) is 6.72. The molecule has 0 saturated carbocycles. The van der Waals surface area contributed by atoms with E-state index in [1.165, 1.54) is 12.8 Å². The van der Waals surface area contributed by atoms with E-state index in [-0.39, 0.29) is 6.04 Å². The molecule has 0 aromatic carbocycles. The lowest BCUT2D eigenvalue weighted by molar-refractivity contribution is 0.436. The Morgan fingerprint density at radius 2 is 2.17 bits per heavy atom. The van der Waals surface area contributed by atoms with Gasteiger partial charge in [0.2, 0.25) is 0 Å². The van der Waals surface area contributed by atoms with Gasteiger partial charge in [-0.1, -0.05) is 6.92 Å². The van der Waals surface area contributed by atoms with Crippen molar-refractivity contribution in [1.82, 2.24) is 9.97 Å². The normalized spacial score (nSPS) is 18.7. The second-order valence-corrected chi connectivity index (χ2v) is 5.21. The monoisotopic (exact) mass is 249 g/mol. The molecule has 0 amide bonds. The van der Waals surface area contributed by atoms with Crippen LogP contribution in [-0.2, 0) is 0 Å². The van der Waals surface area contributed by atoms with E-state index in [0.717, 1.165) is 30.6 Å². The van der Waals surface area contributed by atoms with Gasteiger partial charge in [0, 0.05) is 31.7 Å². The first kappa shape index (κ1) is 13.1. The van der Waals surface area contributed by atoms with Crippen LogP contribution in [0, 0.1) is 5.92 Å². The van der Waals surface area contributed by atoms with Crippen LogP contribution in [0.5, 0.6) is 0 Å². The Balaban J connectivity index is 2.02. The number of nitrogens with zero attached hydrogens (tertiary/aromatic N) is 3. The van der Waals surface area contributed by atoms with Crippen molar-refractivity contribution in [2.75, 3.05) is 29.9 Å². The fraction of sp³-hybridized carbons (Fsp3) is 0.692. The number of anilines is 2. The molecule has 3 N–H and O–H groups in total. The minimum absolute atomic E-state index is 0.231. The molecule has 100 valence electrons. The Morgan fingerprint density at radius 1 is 1.44 bits per heavy atom. The molecule has 1 aromatic heterocycles. The fourth-order valence-electron chi connectivity index (χ4n) is 2.15. The Hall–Kier alpha value is -1.36. The molecule has 1 unspecified atom stereocenters. The summed E-state index contributed by atoms with van der Waals surface area (Å²) in [5.41, 5.74) is 5.60. The second kappa shape index (κ2) is 6.00. The van der Waals surface area contributed by atoms with E-state index in [4.69, 9.17) is 5.73 Å². The molecule has 1 fully saturated rings. The molecular weight excluding hydrogens is 226 g/mol. The summed E-state index contributed by atoms with van der Waals surface area (Å²) in [7, 11) is 0. The zero-order valence-electron chi connectivity index (χ0n) is 11.3. The van der Waals surface area contributed by atoms with Crippen LogP contribution in [0.3, 0.4) is 0 Å². The van der Waals surface area contributed by atoms with E-state index in [9.17, 15) is 0 Å². The molecule has 5 nitrogen and oxygen atoms in total. The van der Waals surface area contributed by atoms with Crippen molar-refractivity contribution in [3.63, 3.8) is 0 Å². The lowest BCUT2D eigenvalue weighted by atomic mass is 9.99. The molecule has 0 bridgehead atoms. The highest BCUT2D eigenvalue weighted by Gasteiger charge is 2.17. The van der Waals surface area contributed by atoms with Gasteiger partial charge in [0.15, 0.2) is 0 Å². The number of rotatable bonds is 4. The number of piperidine rings is 1. The number of aromatic nitrogens is 2. The average molecular weight is 249 g/mol. The van der Waals surface area contributed by atoms with E-state index < -0.39 is 0 Å². The maximum atomic E-state index is 5.60. The quantitative estimate of drug-likeness (QED) is 0.846. The van der Waals surface area contributed by atoms with Crippen molar-refractivity contribution < 1.29 is 0 Å². The molecule has 1 aliphatic heterocycles. The Morgan fingerprint density at radius 3 is 2.83 bits per heavy atom. The molecule has 2 rings (SSSR count). The molecule has 5 heteroatoms. The Labute approximate surface area is 109 Å². The van der Waals surface area contributed by atoms with E-state index in [1.54, 1.807) is 6.33 Å². The van der Waals surface area contributed by atoms with Crippen LogP contribution >= 0.6 is 0 Å². The third-order valence-corrected chi connectivity index (χ3v) is 3.51. The lowest BCUT2D eigenvalue weighted by Gasteiger charge is -2.31. The van der Waals surface area contributed by atoms with Crippen molar-refractivity contribution in [2.45, 2.75) is 32.7 Å². The van der Waals surface area contributed by atoms with Crippen LogP contribution in [0.25, 0.3) is 0 Å². The molecule has 1 atom stereocenters. The summed E-state index contributed by atoms with van der Waals surface area (Å²) in [5, 5.41) is 3.28. The highest BCUT2D eigenvalue weighted by atomic mass is 15.2. The summed E-state index contributed by atoms with van der Waals surface area (Å²) in [5.74, 6) is 2.71. The van der Waals surface area contributed by atoms with Gasteiger partial charge in [-0.2, -0.15) is 0 Å². The third-order valence-electron chi connectivity index (χ3n) is 3.51. The van der Waals surface area contributed by atoms with Crippen molar-refractivity contribution in [2.24, 2.45) is 11.7 Å². The van der Waals surface area contributed by atoms with Crippen molar-refractivity contribution in [3.05, 3.63) is 12.4 Å². The number of hydrogen-bond acceptors (Lipinski definition) is 5. The van der Waals surface area contributed by atoms with Gasteiger partial charge in [-0.25, -0.2) is 9.97 Å². The maximum absolute atomic E-state index is 5.60. The molecule has 1 saturated heterocycles. The molecule has 18 heavy (non-hydrogen) atoms. The minimum Gasteiger partial charge on any atom is -0.366 e. The predicted molar refractivity (Wildman–Crippen MR) is 74.8 cm³/mol. The highest BCUT2D eigenvalue weighted by Crippen LogP contribution is 2.22. The van der Waals surface area contributed by atoms with Gasteiger partial charge in [-0.15, -0.1) is 0 Å². The molecule has 0 spiro atoms. The largest absolute Gasteiger partial charge is 0.366 e. The zero-order chi connectivity index (χ0) is 13.0. The first-order chi connectivity index (χ1) is 8.69. The summed E-state index contributed by atoms with van der Waals surface area (Å²) >= 11 is 0. The molecule has 0 radical (unpaired) electrons. The molecule has 1 aromatic rings. The van der Waals surface area contributed by atoms with Crippen LogP contribution in [0.1, 0.15) is 26.7 Å². The predicted octanol–water partition coefficient (Wildman–Crippen LogP) is 1.47. The minimum atomic E-state index is 0.231. The van der Waals surface area contributed by atoms with Crippen LogP contribution in [0.4, 0.5) is 11.6 Å². The second-order valence-electron chi connectivity index (χ2n) is 5.21. The van der Waals surface area contributed by atoms with Gasteiger partial charge in [0.05, 0.1) is 0 Å². The van der Waals surface area contributed by atoms with Gasteiger partial charge in [0.1, 0.15) is 18.0 Å². The smallest absolute Gasteiger partial charge is 0.134 e. The molecule has 1 aliphatic rings. The maximum Gasteiger partial charge on any atom is 0.134 e. The number of nitrogens with one attached hydrogen (secondary N) is 1. The highest BCUT2D eigenvalue weighted by molar-refractivity contribution is 5.49. The van der Waals surface area contributed by atoms with E-state index in [1.807, 2.05) is 13.0 Å². The van der Waals surface area contributed by atoms with Crippen molar-refractivity contribution in [1.29, 1.82) is 0 Å². The van der Waals surface area contributed by atoms with E-state index in [2.05, 4.69) is 27.1 Å². The van der Waals surface area contributed by atoms with Gasteiger partial charge in [0.25, 0.3) is 0 Å². The number of hydrogen-bond donors (Lipinski definition) is 2. The fourth-order valence-corrected chi connectivity index (χ4v) is 2.15. The van der Waals surface area contributed by atoms with Crippen molar-refractivity contribution >= 4 is 11.6 Å². The van der Waals surface area contributed by atoms with Gasteiger partial charge in [-0.05, 0) is 25.7 Å². The standard InChI is InChI=1S/C13H23N5/c1-10-3-5-18(6-4-10)13-7-12(15-9-16-13)17-11(2)8-14/h7,9-11H,3-6,8,14H2,1-2H3,(H,15,16,17). The van der Waals surface area contributed by atoms with Crippen LogP contribution in [0.2, 0.25) is 0 Å². The number of nitrogens with two attached hydrogens (primary N) is 1. The summed E-state index contributed by atoms with van der Waals surface area (Å²) in [6.07, 6.45) is 4.11. The average Bonchev–Trinajstić information content (AvgIpc) is 2.40. The topological polar surface area (TPSA) is 67.1 Å². The summed E-state index contributed by atoms with van der Waals surface area (Å²) in [6, 6.07) is 2.25. The Kier molecular flexibility index (Phi) is 4.36. The zero-order valence-corrected chi connectivity index (χ0v) is 11.3. The molecule has 0 aliphatic carbocycles. The van der Waals surface area contributed by atoms with Crippen LogP contribution < -0.4 is 16.0 Å².